The van der Waals surface area contributed by atoms with Crippen molar-refractivity contribution in [1.29, 1.82) is 0 Å². The summed E-state index contributed by atoms with van der Waals surface area (Å²) in [5.74, 6) is 1.55. The second kappa shape index (κ2) is 8.35. The van der Waals surface area contributed by atoms with Gasteiger partial charge < -0.3 is 9.73 Å². The number of piperidine rings is 1. The van der Waals surface area contributed by atoms with Gasteiger partial charge in [-0.05, 0) is 51.1 Å². The van der Waals surface area contributed by atoms with Gasteiger partial charge in [-0.3, -0.25) is 9.69 Å². The molecule has 0 unspecified atom stereocenters. The monoisotopic (exact) mass is 380 g/mol. The molecule has 1 aliphatic heterocycles. The van der Waals surface area contributed by atoms with Crippen molar-refractivity contribution in [2.75, 3.05) is 13.1 Å². The summed E-state index contributed by atoms with van der Waals surface area (Å²) in [7, 11) is 0. The van der Waals surface area contributed by atoms with Gasteiger partial charge in [0.1, 0.15) is 18.4 Å². The number of hydrogen-bond acceptors (Lipinski definition) is 6. The summed E-state index contributed by atoms with van der Waals surface area (Å²) < 4.78 is 7.43. The van der Waals surface area contributed by atoms with E-state index in [4.69, 9.17) is 4.42 Å². The van der Waals surface area contributed by atoms with Crippen molar-refractivity contribution < 1.29 is 9.21 Å². The molecule has 1 amide bonds. The van der Waals surface area contributed by atoms with Crippen molar-refractivity contribution in [1.82, 2.24) is 30.0 Å². The summed E-state index contributed by atoms with van der Waals surface area (Å²) in [6.07, 6.45) is 8.44. The van der Waals surface area contributed by atoms with Gasteiger partial charge in [0.2, 0.25) is 0 Å². The summed E-state index contributed by atoms with van der Waals surface area (Å²) in [5, 5.41) is 7.01. The fourth-order valence-electron chi connectivity index (χ4n) is 3.54. The molecule has 4 heterocycles. The minimum Gasteiger partial charge on any atom is -0.454 e. The highest BCUT2D eigenvalue weighted by molar-refractivity contribution is 5.91. The molecule has 3 aromatic heterocycles. The number of carbonyl (C=O) groups excluding carboxylic acids is 1. The quantitative estimate of drug-likeness (QED) is 0.707. The van der Waals surface area contributed by atoms with Crippen molar-refractivity contribution in [2.24, 2.45) is 0 Å². The number of carbonyl (C=O) groups is 1. The Morgan fingerprint density at radius 3 is 2.89 bits per heavy atom. The predicted octanol–water partition coefficient (Wildman–Crippen LogP) is 2.73. The van der Waals surface area contributed by atoms with E-state index >= 15 is 0 Å². The first kappa shape index (κ1) is 18.4. The highest BCUT2D eigenvalue weighted by Gasteiger charge is 2.22. The molecule has 0 radical (unpaired) electrons. The number of amides is 1. The Hall–Kier alpha value is -3.00. The van der Waals surface area contributed by atoms with E-state index in [2.05, 4.69) is 32.2 Å². The number of rotatable bonds is 6. The molecule has 28 heavy (non-hydrogen) atoms. The van der Waals surface area contributed by atoms with Crippen LogP contribution in [0.15, 0.2) is 47.5 Å². The maximum Gasteiger partial charge on any atom is 0.287 e. The van der Waals surface area contributed by atoms with Crippen LogP contribution in [0.2, 0.25) is 0 Å². The SMILES string of the molecule is C[C@H](c1ccc(C(=O)NCc2cccnc2-n2cncn2)o1)N1CCCCC1. The maximum absolute atomic E-state index is 12.6. The van der Waals surface area contributed by atoms with Crippen molar-refractivity contribution in [3.8, 4) is 5.82 Å². The molecule has 146 valence electrons. The van der Waals surface area contributed by atoms with Crippen molar-refractivity contribution in [2.45, 2.75) is 38.8 Å². The highest BCUT2D eigenvalue weighted by atomic mass is 16.4. The molecule has 0 bridgehead atoms. The third-order valence-electron chi connectivity index (χ3n) is 5.14. The first-order valence-corrected chi connectivity index (χ1v) is 9.63. The van der Waals surface area contributed by atoms with Crippen LogP contribution in [0.1, 0.15) is 54.1 Å². The van der Waals surface area contributed by atoms with E-state index in [1.807, 2.05) is 18.2 Å². The fraction of sp³-hybridized carbons (Fsp3) is 0.400. The molecule has 0 aliphatic carbocycles. The molecule has 1 atom stereocenters. The molecule has 0 aromatic carbocycles. The number of nitrogens with zero attached hydrogens (tertiary/aromatic N) is 5. The molecular formula is C20H24N6O2. The molecule has 3 aromatic rings. The Morgan fingerprint density at radius 1 is 1.25 bits per heavy atom. The average molecular weight is 380 g/mol. The van der Waals surface area contributed by atoms with E-state index in [1.165, 1.54) is 25.6 Å². The molecule has 8 nitrogen and oxygen atoms in total. The van der Waals surface area contributed by atoms with Crippen LogP contribution in [0.25, 0.3) is 5.82 Å². The maximum atomic E-state index is 12.6. The van der Waals surface area contributed by atoms with Gasteiger partial charge in [-0.25, -0.2) is 14.6 Å². The van der Waals surface area contributed by atoms with Gasteiger partial charge in [0, 0.05) is 18.3 Å². The Labute approximate surface area is 163 Å². The second-order valence-corrected chi connectivity index (χ2v) is 6.98. The van der Waals surface area contributed by atoms with E-state index < -0.39 is 0 Å². The topological polar surface area (TPSA) is 89.1 Å². The lowest BCUT2D eigenvalue weighted by Gasteiger charge is -2.31. The first-order chi connectivity index (χ1) is 13.7. The Morgan fingerprint density at radius 2 is 2.11 bits per heavy atom. The molecule has 1 saturated heterocycles. The molecule has 4 rings (SSSR count). The smallest absolute Gasteiger partial charge is 0.287 e. The summed E-state index contributed by atoms with van der Waals surface area (Å²) in [5.41, 5.74) is 0.842. The zero-order chi connectivity index (χ0) is 19.3. The van der Waals surface area contributed by atoms with Crippen molar-refractivity contribution in [3.63, 3.8) is 0 Å². The van der Waals surface area contributed by atoms with Crippen LogP contribution in [0.5, 0.6) is 0 Å². The third-order valence-corrected chi connectivity index (χ3v) is 5.14. The van der Waals surface area contributed by atoms with Gasteiger partial charge in [0.15, 0.2) is 11.6 Å². The number of aromatic nitrogens is 4. The van der Waals surface area contributed by atoms with Gasteiger partial charge >= 0.3 is 0 Å². The zero-order valence-electron chi connectivity index (χ0n) is 15.9. The van der Waals surface area contributed by atoms with Crippen LogP contribution < -0.4 is 5.32 Å². The minimum atomic E-state index is -0.245. The number of furan rings is 1. The van der Waals surface area contributed by atoms with Gasteiger partial charge in [-0.15, -0.1) is 0 Å². The fourth-order valence-corrected chi connectivity index (χ4v) is 3.54. The van der Waals surface area contributed by atoms with Gasteiger partial charge in [0.25, 0.3) is 5.91 Å². The van der Waals surface area contributed by atoms with E-state index in [1.54, 1.807) is 23.3 Å². The lowest BCUT2D eigenvalue weighted by atomic mass is 10.1. The summed E-state index contributed by atoms with van der Waals surface area (Å²) in [4.78, 5) is 23.2. The summed E-state index contributed by atoms with van der Waals surface area (Å²) >= 11 is 0. The van der Waals surface area contributed by atoms with Crippen LogP contribution in [0.3, 0.4) is 0 Å². The van der Waals surface area contributed by atoms with E-state index in [9.17, 15) is 4.79 Å². The van der Waals surface area contributed by atoms with Crippen LogP contribution in [-0.4, -0.2) is 43.6 Å². The van der Waals surface area contributed by atoms with Crippen LogP contribution in [0.4, 0.5) is 0 Å². The van der Waals surface area contributed by atoms with Gasteiger partial charge in [-0.2, -0.15) is 5.10 Å². The van der Waals surface area contributed by atoms with E-state index in [0.717, 1.165) is 24.4 Å². The Bertz CT molecular complexity index is 914. The zero-order valence-corrected chi connectivity index (χ0v) is 15.9. The lowest BCUT2D eigenvalue weighted by Crippen LogP contribution is -2.32. The number of nitrogens with one attached hydrogen (secondary N) is 1. The number of likely N-dealkylation sites (tertiary alicyclic amines) is 1. The highest BCUT2D eigenvalue weighted by Crippen LogP contribution is 2.25. The predicted molar refractivity (Wildman–Crippen MR) is 103 cm³/mol. The van der Waals surface area contributed by atoms with Crippen LogP contribution >= 0.6 is 0 Å². The lowest BCUT2D eigenvalue weighted by molar-refractivity contribution is 0.0914. The Balaban J connectivity index is 1.41. The van der Waals surface area contributed by atoms with Gasteiger partial charge in [0.05, 0.1) is 6.04 Å². The first-order valence-electron chi connectivity index (χ1n) is 9.63. The molecule has 1 fully saturated rings. The largest absolute Gasteiger partial charge is 0.454 e. The normalized spacial score (nSPS) is 16.0. The second-order valence-electron chi connectivity index (χ2n) is 6.98. The van der Waals surface area contributed by atoms with E-state index in [0.29, 0.717) is 18.1 Å². The van der Waals surface area contributed by atoms with Gasteiger partial charge in [-0.1, -0.05) is 12.5 Å². The summed E-state index contributed by atoms with van der Waals surface area (Å²) in [6, 6.07) is 7.55. The molecule has 0 saturated carbocycles. The minimum absolute atomic E-state index is 0.180. The molecule has 1 N–H and O–H groups in total. The molecule has 8 heteroatoms. The van der Waals surface area contributed by atoms with Crippen LogP contribution in [-0.2, 0) is 6.54 Å². The van der Waals surface area contributed by atoms with Crippen molar-refractivity contribution >= 4 is 5.91 Å². The van der Waals surface area contributed by atoms with Crippen LogP contribution in [0, 0.1) is 0 Å². The Kier molecular flexibility index (Phi) is 5.48. The number of pyridine rings is 1. The molecule has 0 spiro atoms. The van der Waals surface area contributed by atoms with Crippen molar-refractivity contribution in [3.05, 3.63) is 60.2 Å². The van der Waals surface area contributed by atoms with E-state index in [-0.39, 0.29) is 11.9 Å². The average Bonchev–Trinajstić information content (AvgIpc) is 3.44. The summed E-state index contributed by atoms with van der Waals surface area (Å²) in [6.45, 7) is 4.61. The third kappa shape index (κ3) is 3.96. The molecular weight excluding hydrogens is 356 g/mol. The standard InChI is InChI=1S/C20H24N6O2/c1-15(25-10-3-2-4-11-25)17-7-8-18(28-17)20(27)23-12-16-6-5-9-22-19(16)26-14-21-13-24-26/h5-9,13-15H,2-4,10-12H2,1H3,(H,23,27)/t15-/m1/s1. The molecule has 1 aliphatic rings. The number of hydrogen-bond donors (Lipinski definition) is 1.